The predicted molar refractivity (Wildman–Crippen MR) is 151 cm³/mol. The van der Waals surface area contributed by atoms with Crippen molar-refractivity contribution in [1.29, 1.82) is 5.41 Å². The van der Waals surface area contributed by atoms with Crippen LogP contribution < -0.4 is 30.0 Å². The van der Waals surface area contributed by atoms with Crippen molar-refractivity contribution in [2.45, 2.75) is 37.9 Å². The molecule has 1 aromatic heterocycles. The van der Waals surface area contributed by atoms with E-state index in [4.69, 9.17) is 30.1 Å². The minimum atomic E-state index is -0.884. The fourth-order valence-electron chi connectivity index (χ4n) is 3.82. The van der Waals surface area contributed by atoms with E-state index in [1.165, 1.54) is 11.3 Å². The van der Waals surface area contributed by atoms with Gasteiger partial charge >= 0.3 is 0 Å². The SMILES string of the molecule is N=C(CCCCc1nnc(NC(=O)C2COc3ccccc3O2)s1)SC(N)=NC(=O)C1COc2ccccc2O1. The van der Waals surface area contributed by atoms with Gasteiger partial charge in [0.05, 0.1) is 5.04 Å². The molecule has 0 spiro atoms. The summed E-state index contributed by atoms with van der Waals surface area (Å²) in [5, 5.41) is 20.5. The Bertz CT molecular complexity index is 1430. The number of carbonyl (C=O) groups is 2. The third-order valence-corrected chi connectivity index (χ3v) is 7.42. The Morgan fingerprint density at radius 2 is 1.60 bits per heavy atom. The van der Waals surface area contributed by atoms with Crippen LogP contribution in [0.5, 0.6) is 23.0 Å². The van der Waals surface area contributed by atoms with Crippen LogP contribution in [0.2, 0.25) is 0 Å². The molecule has 3 aromatic rings. The molecule has 2 amide bonds. The van der Waals surface area contributed by atoms with Gasteiger partial charge in [-0.25, -0.2) is 0 Å². The van der Waals surface area contributed by atoms with Crippen molar-refractivity contribution in [1.82, 2.24) is 10.2 Å². The molecular weight excluding hydrogens is 556 g/mol. The first-order valence-corrected chi connectivity index (χ1v) is 14.1. The molecule has 4 N–H and O–H groups in total. The third-order valence-electron chi connectivity index (χ3n) is 5.77. The molecule has 208 valence electrons. The first kappa shape index (κ1) is 27.4. The van der Waals surface area contributed by atoms with Gasteiger partial charge in [-0.1, -0.05) is 35.6 Å². The maximum Gasteiger partial charge on any atom is 0.292 e. The fourth-order valence-corrected chi connectivity index (χ4v) is 5.24. The molecule has 0 bridgehead atoms. The molecule has 0 radical (unpaired) electrons. The van der Waals surface area contributed by atoms with Gasteiger partial charge in [-0.3, -0.25) is 20.3 Å². The van der Waals surface area contributed by atoms with E-state index < -0.39 is 18.1 Å². The van der Waals surface area contributed by atoms with Crippen LogP contribution in [0.15, 0.2) is 53.5 Å². The Balaban J connectivity index is 0.999. The Kier molecular flexibility index (Phi) is 8.76. The highest BCUT2D eigenvalue weighted by Gasteiger charge is 2.29. The highest BCUT2D eigenvalue weighted by atomic mass is 32.2. The summed E-state index contributed by atoms with van der Waals surface area (Å²) in [4.78, 5) is 28.8. The zero-order chi connectivity index (χ0) is 27.9. The third kappa shape index (κ3) is 7.07. The molecule has 0 fully saturated rings. The summed E-state index contributed by atoms with van der Waals surface area (Å²) in [5.41, 5.74) is 5.88. The van der Waals surface area contributed by atoms with Crippen LogP contribution in [0.4, 0.5) is 5.13 Å². The van der Waals surface area contributed by atoms with Gasteiger partial charge in [0, 0.05) is 6.42 Å². The van der Waals surface area contributed by atoms with E-state index in [0.717, 1.165) is 23.2 Å². The summed E-state index contributed by atoms with van der Waals surface area (Å²) >= 11 is 2.23. The number of amides is 2. The number of nitrogens with zero attached hydrogens (tertiary/aromatic N) is 3. The highest BCUT2D eigenvalue weighted by molar-refractivity contribution is 8.26. The van der Waals surface area contributed by atoms with Gasteiger partial charge < -0.3 is 24.7 Å². The Hall–Kier alpha value is -4.17. The minimum absolute atomic E-state index is 0.0159. The molecule has 0 aliphatic carbocycles. The molecule has 3 heterocycles. The van der Waals surface area contributed by atoms with E-state index in [0.29, 0.717) is 52.4 Å². The molecule has 2 aliphatic heterocycles. The zero-order valence-corrected chi connectivity index (χ0v) is 22.8. The first-order valence-electron chi connectivity index (χ1n) is 12.5. The number of anilines is 1. The van der Waals surface area contributed by atoms with Crippen LogP contribution in [0.3, 0.4) is 0 Å². The number of aromatic nitrogens is 2. The van der Waals surface area contributed by atoms with Crippen molar-refractivity contribution in [3.63, 3.8) is 0 Å². The van der Waals surface area contributed by atoms with Crippen molar-refractivity contribution in [3.05, 3.63) is 53.5 Å². The Labute approximate surface area is 237 Å². The molecule has 12 nitrogen and oxygen atoms in total. The molecule has 40 heavy (non-hydrogen) atoms. The number of benzene rings is 2. The summed E-state index contributed by atoms with van der Waals surface area (Å²) in [5.74, 6) is 1.27. The maximum absolute atomic E-state index is 12.6. The molecule has 2 aromatic carbocycles. The lowest BCUT2D eigenvalue weighted by Crippen LogP contribution is -2.40. The smallest absolute Gasteiger partial charge is 0.292 e. The van der Waals surface area contributed by atoms with Crippen LogP contribution in [-0.4, -0.2) is 57.6 Å². The summed E-state index contributed by atoms with van der Waals surface area (Å²) in [6.07, 6.45) is 0.906. The van der Waals surface area contributed by atoms with Gasteiger partial charge in [0.1, 0.15) is 18.2 Å². The second kappa shape index (κ2) is 12.8. The number of thioether (sulfide) groups is 1. The van der Waals surface area contributed by atoms with Crippen molar-refractivity contribution in [2.24, 2.45) is 10.7 Å². The summed E-state index contributed by atoms with van der Waals surface area (Å²) in [7, 11) is 0. The van der Waals surface area contributed by atoms with E-state index in [9.17, 15) is 9.59 Å². The topological polar surface area (TPSA) is 171 Å². The quantitative estimate of drug-likeness (QED) is 0.203. The number of unbranched alkanes of at least 4 members (excludes halogenated alkanes) is 1. The summed E-state index contributed by atoms with van der Waals surface area (Å²) in [6.45, 7) is 0.155. The van der Waals surface area contributed by atoms with E-state index in [1.807, 2.05) is 18.2 Å². The number of amidine groups is 1. The first-order chi connectivity index (χ1) is 19.4. The predicted octanol–water partition coefficient (Wildman–Crippen LogP) is 3.42. The fraction of sp³-hybridized carbons (Fsp3) is 0.308. The molecule has 14 heteroatoms. The van der Waals surface area contributed by atoms with Gasteiger partial charge in [-0.2, -0.15) is 4.99 Å². The van der Waals surface area contributed by atoms with Crippen molar-refractivity contribution in [3.8, 4) is 23.0 Å². The van der Waals surface area contributed by atoms with Gasteiger partial charge in [0.25, 0.3) is 11.8 Å². The molecule has 0 saturated heterocycles. The number of rotatable bonds is 8. The van der Waals surface area contributed by atoms with Gasteiger partial charge in [-0.05, 0) is 55.3 Å². The van der Waals surface area contributed by atoms with Crippen molar-refractivity contribution in [2.75, 3.05) is 18.5 Å². The number of aliphatic imine (C=N–C) groups is 1. The number of nitrogens with two attached hydrogens (primary N) is 1. The molecule has 2 unspecified atom stereocenters. The van der Waals surface area contributed by atoms with Crippen LogP contribution in [0.1, 0.15) is 24.3 Å². The lowest BCUT2D eigenvalue weighted by molar-refractivity contribution is -0.127. The molecule has 2 atom stereocenters. The van der Waals surface area contributed by atoms with Crippen molar-refractivity contribution < 1.29 is 28.5 Å². The minimum Gasteiger partial charge on any atom is -0.485 e. The second-order valence-electron chi connectivity index (χ2n) is 8.74. The largest absolute Gasteiger partial charge is 0.485 e. The summed E-state index contributed by atoms with van der Waals surface area (Å²) < 4.78 is 22.5. The normalized spacial score (nSPS) is 17.6. The van der Waals surface area contributed by atoms with E-state index >= 15 is 0 Å². The zero-order valence-electron chi connectivity index (χ0n) is 21.2. The number of hydrogen-bond acceptors (Lipinski definition) is 11. The lowest BCUT2D eigenvalue weighted by atomic mass is 10.2. The number of hydrogen-bond donors (Lipinski definition) is 3. The Morgan fingerprint density at radius 3 is 2.30 bits per heavy atom. The molecule has 5 rings (SSSR count). The second-order valence-corrected chi connectivity index (χ2v) is 10.9. The number of ether oxygens (including phenoxy) is 4. The van der Waals surface area contributed by atoms with E-state index in [1.54, 1.807) is 30.3 Å². The maximum atomic E-state index is 12.6. The standard InChI is InChI=1S/C26H26N6O6S2/c27-21(39-25(28)29-23(33)19-13-35-15-7-1-3-9-17(15)37-19)11-5-6-12-22-31-32-26(40-22)30-24(34)20-14-36-16-8-2-4-10-18(16)38-20/h1-4,7-10,19-20,27H,5-6,11-14H2,(H2,28,29,33)(H,30,32,34). The molecular formula is C26H26N6O6S2. The van der Waals surface area contributed by atoms with Gasteiger partial charge in [0.15, 0.2) is 28.2 Å². The Morgan fingerprint density at radius 1 is 0.975 bits per heavy atom. The van der Waals surface area contributed by atoms with Gasteiger partial charge in [-0.15, -0.1) is 10.2 Å². The highest BCUT2D eigenvalue weighted by Crippen LogP contribution is 2.32. The number of carbonyl (C=O) groups excluding carboxylic acids is 2. The van der Waals surface area contributed by atoms with Crippen molar-refractivity contribution >= 4 is 50.3 Å². The average Bonchev–Trinajstić information content (AvgIpc) is 3.41. The summed E-state index contributed by atoms with van der Waals surface area (Å²) in [6, 6.07) is 14.3. The van der Waals surface area contributed by atoms with Crippen LogP contribution >= 0.6 is 23.1 Å². The van der Waals surface area contributed by atoms with E-state index in [-0.39, 0.29) is 24.3 Å². The number of nitrogens with one attached hydrogen (secondary N) is 2. The molecule has 2 aliphatic rings. The number of aryl methyl sites for hydroxylation is 1. The van der Waals surface area contributed by atoms with Crippen LogP contribution in [0.25, 0.3) is 0 Å². The van der Waals surface area contributed by atoms with Crippen LogP contribution in [-0.2, 0) is 16.0 Å². The number of para-hydroxylation sites is 4. The van der Waals surface area contributed by atoms with Gasteiger partial charge in [0.2, 0.25) is 17.3 Å². The molecule has 0 saturated carbocycles. The van der Waals surface area contributed by atoms with E-state index in [2.05, 4.69) is 20.5 Å². The average molecular weight is 583 g/mol. The monoisotopic (exact) mass is 582 g/mol. The number of fused-ring (bicyclic) bond motifs is 2. The lowest BCUT2D eigenvalue weighted by Gasteiger charge is -2.25. The van der Waals surface area contributed by atoms with Crippen LogP contribution in [0, 0.1) is 5.41 Å².